The summed E-state index contributed by atoms with van der Waals surface area (Å²) in [5, 5.41) is 9.05. The Hall–Kier alpha value is -3.28. The molecule has 1 amide bonds. The van der Waals surface area contributed by atoms with Crippen molar-refractivity contribution < 1.29 is 23.9 Å². The minimum atomic E-state index is -1.07. The Kier molecular flexibility index (Phi) is 5.67. The number of aliphatic carboxylic acids is 1. The highest BCUT2D eigenvalue weighted by Crippen LogP contribution is 2.28. The van der Waals surface area contributed by atoms with Crippen molar-refractivity contribution in [2.75, 3.05) is 14.1 Å². The number of carbonyl (C=O) groups is 3. The molecule has 0 aliphatic heterocycles. The summed E-state index contributed by atoms with van der Waals surface area (Å²) in [5.74, 6) is -2.36. The Morgan fingerprint density at radius 2 is 1.81 bits per heavy atom. The number of hydrogen-bond acceptors (Lipinski definition) is 3. The van der Waals surface area contributed by atoms with Crippen LogP contribution in [0.3, 0.4) is 0 Å². The van der Waals surface area contributed by atoms with Gasteiger partial charge in [-0.15, -0.1) is 0 Å². The number of nitrogens with zero attached hydrogens (tertiary/aromatic N) is 1. The van der Waals surface area contributed by atoms with Gasteiger partial charge in [0, 0.05) is 25.2 Å². The molecule has 0 aliphatic rings. The van der Waals surface area contributed by atoms with Gasteiger partial charge in [-0.3, -0.25) is 14.4 Å². The van der Waals surface area contributed by atoms with Gasteiger partial charge in [-0.1, -0.05) is 18.7 Å². The number of allylic oxidation sites excluding steroid dienone is 1. The molecule has 134 valence electrons. The lowest BCUT2D eigenvalue weighted by Gasteiger charge is -2.16. The smallest absolute Gasteiger partial charge is 0.307 e. The maximum Gasteiger partial charge on any atom is 0.307 e. The monoisotopic (exact) mass is 355 g/mol. The van der Waals surface area contributed by atoms with Crippen LogP contribution in [0, 0.1) is 5.82 Å². The fraction of sp³-hybridized carbons (Fsp3) is 0.150. The Morgan fingerprint density at radius 3 is 2.38 bits per heavy atom. The van der Waals surface area contributed by atoms with Crippen LogP contribution in [0.1, 0.15) is 26.3 Å². The van der Waals surface area contributed by atoms with Gasteiger partial charge in [-0.05, 0) is 47.0 Å². The third-order valence-electron chi connectivity index (χ3n) is 3.83. The number of hydrogen-bond donors (Lipinski definition) is 1. The van der Waals surface area contributed by atoms with Gasteiger partial charge in [-0.2, -0.15) is 0 Å². The molecule has 1 N–H and O–H groups in total. The van der Waals surface area contributed by atoms with Crippen molar-refractivity contribution in [2.24, 2.45) is 0 Å². The second kappa shape index (κ2) is 7.74. The number of rotatable bonds is 6. The first-order valence-corrected chi connectivity index (χ1v) is 7.77. The molecule has 0 saturated heterocycles. The molecule has 0 saturated carbocycles. The normalized spacial score (nSPS) is 10.3. The van der Waals surface area contributed by atoms with Crippen LogP contribution in [0.5, 0.6) is 0 Å². The molecule has 0 aromatic heterocycles. The number of carboxylic acid groups (broad SMARTS) is 1. The van der Waals surface area contributed by atoms with Crippen LogP contribution in [0.2, 0.25) is 0 Å². The van der Waals surface area contributed by atoms with E-state index in [0.29, 0.717) is 16.7 Å². The molecule has 0 spiro atoms. The predicted molar refractivity (Wildman–Crippen MR) is 95.7 cm³/mol. The van der Waals surface area contributed by atoms with Gasteiger partial charge in [0.2, 0.25) is 0 Å². The molecule has 2 rings (SSSR count). The third kappa shape index (κ3) is 4.03. The van der Waals surface area contributed by atoms with Crippen LogP contribution in [-0.4, -0.2) is 41.8 Å². The summed E-state index contributed by atoms with van der Waals surface area (Å²) in [4.78, 5) is 36.9. The van der Waals surface area contributed by atoms with Crippen LogP contribution in [-0.2, 0) is 11.2 Å². The van der Waals surface area contributed by atoms with Crippen LogP contribution < -0.4 is 0 Å². The molecule has 5 nitrogen and oxygen atoms in total. The molecular formula is C20H18FNO4. The van der Waals surface area contributed by atoms with Crippen LogP contribution in [0.25, 0.3) is 11.1 Å². The summed E-state index contributed by atoms with van der Waals surface area (Å²) in [7, 11) is 3.10. The van der Waals surface area contributed by atoms with Crippen molar-refractivity contribution in [2.45, 2.75) is 6.42 Å². The first-order chi connectivity index (χ1) is 12.2. The number of ketones is 1. The average molecular weight is 355 g/mol. The fourth-order valence-corrected chi connectivity index (χ4v) is 2.58. The minimum absolute atomic E-state index is 0.191. The van der Waals surface area contributed by atoms with Crippen molar-refractivity contribution >= 4 is 17.7 Å². The second-order valence-corrected chi connectivity index (χ2v) is 5.90. The summed E-state index contributed by atoms with van der Waals surface area (Å²) < 4.78 is 13.7. The minimum Gasteiger partial charge on any atom is -0.481 e. The molecule has 2 aromatic rings. The van der Waals surface area contributed by atoms with Gasteiger partial charge in [-0.25, -0.2) is 4.39 Å². The van der Waals surface area contributed by atoms with E-state index >= 15 is 0 Å². The molecule has 0 atom stereocenters. The van der Waals surface area contributed by atoms with Crippen molar-refractivity contribution in [3.05, 3.63) is 71.6 Å². The molecule has 6 heteroatoms. The quantitative estimate of drug-likeness (QED) is 0.638. The lowest BCUT2D eigenvalue weighted by Crippen LogP contribution is -2.23. The number of amides is 1. The average Bonchev–Trinajstić information content (AvgIpc) is 2.60. The highest BCUT2D eigenvalue weighted by Gasteiger charge is 2.19. The van der Waals surface area contributed by atoms with E-state index in [4.69, 9.17) is 5.11 Å². The van der Waals surface area contributed by atoms with Crippen molar-refractivity contribution in [3.8, 4) is 11.1 Å². The van der Waals surface area contributed by atoms with E-state index in [9.17, 15) is 18.8 Å². The van der Waals surface area contributed by atoms with Crippen LogP contribution >= 0.6 is 0 Å². The SMILES string of the molecule is C=CC(=O)c1ccc(F)cc1-c1ccc(CC(=O)O)c(C(=O)N(C)C)c1. The van der Waals surface area contributed by atoms with Gasteiger partial charge >= 0.3 is 5.97 Å². The van der Waals surface area contributed by atoms with E-state index in [1.165, 1.54) is 35.2 Å². The Balaban J connectivity index is 2.68. The first-order valence-electron chi connectivity index (χ1n) is 7.77. The summed E-state index contributed by atoms with van der Waals surface area (Å²) >= 11 is 0. The topological polar surface area (TPSA) is 74.7 Å². The molecule has 2 aromatic carbocycles. The van der Waals surface area contributed by atoms with Gasteiger partial charge in [0.1, 0.15) is 5.82 Å². The zero-order valence-corrected chi connectivity index (χ0v) is 14.5. The number of carboxylic acids is 1. The Labute approximate surface area is 150 Å². The van der Waals surface area contributed by atoms with Crippen molar-refractivity contribution in [1.82, 2.24) is 4.90 Å². The maximum absolute atomic E-state index is 13.7. The Morgan fingerprint density at radius 1 is 1.12 bits per heavy atom. The fourth-order valence-electron chi connectivity index (χ4n) is 2.58. The number of halogens is 1. The van der Waals surface area contributed by atoms with Crippen LogP contribution in [0.4, 0.5) is 4.39 Å². The summed E-state index contributed by atoms with van der Waals surface area (Å²) in [5.41, 5.74) is 1.53. The van der Waals surface area contributed by atoms with E-state index in [-0.39, 0.29) is 29.2 Å². The summed E-state index contributed by atoms with van der Waals surface area (Å²) in [6.45, 7) is 3.44. The molecule has 0 fully saturated rings. The van der Waals surface area contributed by atoms with E-state index in [1.807, 2.05) is 0 Å². The lowest BCUT2D eigenvalue weighted by atomic mass is 9.92. The number of carbonyl (C=O) groups excluding carboxylic acids is 2. The molecule has 0 radical (unpaired) electrons. The molecule has 0 unspecified atom stereocenters. The largest absolute Gasteiger partial charge is 0.481 e. The summed E-state index contributed by atoms with van der Waals surface area (Å²) in [6, 6.07) is 8.28. The van der Waals surface area contributed by atoms with E-state index < -0.39 is 11.8 Å². The summed E-state index contributed by atoms with van der Waals surface area (Å²) in [6.07, 6.45) is 0.804. The standard InChI is InChI=1S/C20H18FNO4/c1-4-18(23)15-8-7-14(21)11-16(15)12-5-6-13(10-19(24)25)17(9-12)20(26)22(2)3/h4-9,11H,1,10H2,2-3H3,(H,24,25). The van der Waals surface area contributed by atoms with E-state index in [0.717, 1.165) is 6.08 Å². The molecule has 0 aliphatic carbocycles. The van der Waals surface area contributed by atoms with Gasteiger partial charge < -0.3 is 10.0 Å². The van der Waals surface area contributed by atoms with E-state index in [1.54, 1.807) is 20.2 Å². The van der Waals surface area contributed by atoms with E-state index in [2.05, 4.69) is 6.58 Å². The lowest BCUT2D eigenvalue weighted by molar-refractivity contribution is -0.136. The van der Waals surface area contributed by atoms with Crippen molar-refractivity contribution in [1.29, 1.82) is 0 Å². The zero-order valence-electron chi connectivity index (χ0n) is 14.5. The third-order valence-corrected chi connectivity index (χ3v) is 3.83. The highest BCUT2D eigenvalue weighted by atomic mass is 19.1. The maximum atomic E-state index is 13.7. The molecular weight excluding hydrogens is 337 g/mol. The predicted octanol–water partition coefficient (Wildman–Crippen LogP) is 3.19. The molecule has 26 heavy (non-hydrogen) atoms. The molecule has 0 bridgehead atoms. The number of benzene rings is 2. The Bertz CT molecular complexity index is 903. The second-order valence-electron chi connectivity index (χ2n) is 5.90. The highest BCUT2D eigenvalue weighted by molar-refractivity contribution is 6.09. The van der Waals surface area contributed by atoms with Gasteiger partial charge in [0.25, 0.3) is 5.91 Å². The van der Waals surface area contributed by atoms with Gasteiger partial charge in [0.05, 0.1) is 6.42 Å². The van der Waals surface area contributed by atoms with Crippen molar-refractivity contribution in [3.63, 3.8) is 0 Å². The van der Waals surface area contributed by atoms with Gasteiger partial charge in [0.15, 0.2) is 5.78 Å². The zero-order chi connectivity index (χ0) is 19.4. The molecule has 0 heterocycles. The van der Waals surface area contributed by atoms with Crippen LogP contribution in [0.15, 0.2) is 49.1 Å². The first kappa shape index (κ1) is 19.1.